The van der Waals surface area contributed by atoms with Gasteiger partial charge in [0.05, 0.1) is 11.5 Å². The predicted molar refractivity (Wildman–Crippen MR) is 48.8 cm³/mol. The van der Waals surface area contributed by atoms with E-state index in [0.717, 1.165) is 5.56 Å². The topological polar surface area (TPSA) is 20.2 Å². The van der Waals surface area contributed by atoms with Crippen molar-refractivity contribution in [2.24, 2.45) is 0 Å². The Balaban J connectivity index is 2.57. The van der Waals surface area contributed by atoms with Gasteiger partial charge in [-0.25, -0.2) is 0 Å². The molecule has 0 spiro atoms. The molecule has 1 unspecified atom stereocenters. The molecule has 0 aliphatic rings. The van der Waals surface area contributed by atoms with E-state index in [1.54, 1.807) is 0 Å². The lowest BCUT2D eigenvalue weighted by atomic mass is 10.1. The zero-order valence-electron chi connectivity index (χ0n) is 6.03. The molecule has 1 aromatic rings. The molecule has 0 heterocycles. The molecule has 1 nitrogen and oxygen atoms in total. The fourth-order valence-corrected chi connectivity index (χ4v) is 0.962. The normalized spacial score (nSPS) is 12.5. The SMILES string of the molecule is OC([C]=S)Cc1ccccc1. The first-order valence-corrected chi connectivity index (χ1v) is 3.83. The minimum Gasteiger partial charge on any atom is -0.387 e. The van der Waals surface area contributed by atoms with Crippen LogP contribution in [0.1, 0.15) is 5.56 Å². The van der Waals surface area contributed by atoms with E-state index in [2.05, 4.69) is 17.6 Å². The summed E-state index contributed by atoms with van der Waals surface area (Å²) in [6, 6.07) is 9.72. The van der Waals surface area contributed by atoms with Crippen molar-refractivity contribution in [3.05, 3.63) is 35.9 Å². The number of benzene rings is 1. The lowest BCUT2D eigenvalue weighted by molar-refractivity contribution is 0.249. The van der Waals surface area contributed by atoms with Crippen LogP contribution in [0.25, 0.3) is 0 Å². The summed E-state index contributed by atoms with van der Waals surface area (Å²) in [7, 11) is 0. The van der Waals surface area contributed by atoms with Crippen LogP contribution in [0.5, 0.6) is 0 Å². The van der Waals surface area contributed by atoms with Crippen LogP contribution in [-0.2, 0) is 6.42 Å². The number of hydrogen-bond donors (Lipinski definition) is 1. The minimum absolute atomic E-state index is 0.560. The maximum absolute atomic E-state index is 9.10. The summed E-state index contributed by atoms with van der Waals surface area (Å²) < 4.78 is 0. The van der Waals surface area contributed by atoms with Gasteiger partial charge in [-0.05, 0) is 5.56 Å². The molecule has 57 valence electrons. The van der Waals surface area contributed by atoms with Crippen LogP contribution in [-0.4, -0.2) is 16.6 Å². The minimum atomic E-state index is -0.618. The molecule has 0 amide bonds. The van der Waals surface area contributed by atoms with E-state index < -0.39 is 6.10 Å². The summed E-state index contributed by atoms with van der Waals surface area (Å²) in [5.74, 6) is 0. The average Bonchev–Trinajstić information content (AvgIpc) is 2.06. The molecule has 0 aliphatic carbocycles. The van der Waals surface area contributed by atoms with Gasteiger partial charge in [0.25, 0.3) is 0 Å². The highest BCUT2D eigenvalue weighted by molar-refractivity contribution is 7.79. The van der Waals surface area contributed by atoms with Crippen molar-refractivity contribution in [2.45, 2.75) is 12.5 Å². The zero-order chi connectivity index (χ0) is 8.10. The molecular formula is C9H9OS. The molecule has 0 bridgehead atoms. The standard InChI is InChI=1S/C9H9OS/c10-9(7-11)6-8-4-2-1-3-5-8/h1-5,9-10H,6H2. The fourth-order valence-electron chi connectivity index (χ4n) is 0.879. The van der Waals surface area contributed by atoms with Crippen molar-refractivity contribution >= 4 is 17.6 Å². The van der Waals surface area contributed by atoms with E-state index in [4.69, 9.17) is 5.11 Å². The molecular weight excluding hydrogens is 156 g/mol. The van der Waals surface area contributed by atoms with Crippen molar-refractivity contribution in [3.63, 3.8) is 0 Å². The van der Waals surface area contributed by atoms with Gasteiger partial charge < -0.3 is 5.11 Å². The molecule has 0 fully saturated rings. The summed E-state index contributed by atoms with van der Waals surface area (Å²) in [6.45, 7) is 0. The van der Waals surface area contributed by atoms with Gasteiger partial charge in [-0.15, -0.1) is 0 Å². The monoisotopic (exact) mass is 165 g/mol. The second-order valence-electron chi connectivity index (χ2n) is 2.32. The third kappa shape index (κ3) is 2.78. The van der Waals surface area contributed by atoms with Gasteiger partial charge in [-0.3, -0.25) is 0 Å². The van der Waals surface area contributed by atoms with Crippen molar-refractivity contribution in [1.29, 1.82) is 0 Å². The van der Waals surface area contributed by atoms with Crippen molar-refractivity contribution in [3.8, 4) is 0 Å². The number of aliphatic hydroxyl groups is 1. The number of thiocarbonyl (C=S) groups is 1. The molecule has 1 radical (unpaired) electrons. The van der Waals surface area contributed by atoms with Crippen molar-refractivity contribution in [2.75, 3.05) is 0 Å². The molecule has 0 aliphatic heterocycles. The summed E-state index contributed by atoms with van der Waals surface area (Å²) in [5, 5.41) is 11.4. The molecule has 1 aromatic carbocycles. The molecule has 2 heteroatoms. The highest BCUT2D eigenvalue weighted by Gasteiger charge is 1.99. The van der Waals surface area contributed by atoms with E-state index in [0.29, 0.717) is 6.42 Å². The lowest BCUT2D eigenvalue weighted by Gasteiger charge is -2.01. The van der Waals surface area contributed by atoms with Crippen LogP contribution in [0.15, 0.2) is 30.3 Å². The summed E-state index contributed by atoms with van der Waals surface area (Å²) in [6.07, 6.45) is -0.0583. The van der Waals surface area contributed by atoms with Crippen LogP contribution in [0.3, 0.4) is 0 Å². The molecule has 1 atom stereocenters. The Labute approximate surface area is 71.7 Å². The van der Waals surface area contributed by atoms with Crippen molar-refractivity contribution in [1.82, 2.24) is 0 Å². The van der Waals surface area contributed by atoms with Gasteiger partial charge in [0, 0.05) is 6.42 Å². The zero-order valence-corrected chi connectivity index (χ0v) is 6.84. The number of hydrogen-bond acceptors (Lipinski definition) is 2. The van der Waals surface area contributed by atoms with Gasteiger partial charge >= 0.3 is 0 Å². The van der Waals surface area contributed by atoms with Crippen LogP contribution >= 0.6 is 12.2 Å². The molecule has 1 rings (SSSR count). The van der Waals surface area contributed by atoms with Crippen molar-refractivity contribution < 1.29 is 5.11 Å². The van der Waals surface area contributed by atoms with Crippen LogP contribution in [0, 0.1) is 0 Å². The summed E-state index contributed by atoms with van der Waals surface area (Å²) >= 11 is 4.47. The molecule has 1 N–H and O–H groups in total. The highest BCUT2D eigenvalue weighted by atomic mass is 32.1. The first kappa shape index (κ1) is 8.37. The summed E-state index contributed by atoms with van der Waals surface area (Å²) in [5.41, 5.74) is 1.08. The van der Waals surface area contributed by atoms with Gasteiger partial charge in [0.2, 0.25) is 0 Å². The van der Waals surface area contributed by atoms with E-state index in [-0.39, 0.29) is 0 Å². The fraction of sp³-hybridized carbons (Fsp3) is 0.222. The maximum atomic E-state index is 9.10. The van der Waals surface area contributed by atoms with E-state index in [9.17, 15) is 0 Å². The Morgan fingerprint density at radius 1 is 1.36 bits per heavy atom. The summed E-state index contributed by atoms with van der Waals surface area (Å²) in [4.78, 5) is 0. The Hall–Kier alpha value is -0.730. The second kappa shape index (κ2) is 4.21. The van der Waals surface area contributed by atoms with Gasteiger partial charge in [0.1, 0.15) is 0 Å². The van der Waals surface area contributed by atoms with E-state index in [1.165, 1.54) is 0 Å². The molecule has 0 aromatic heterocycles. The largest absolute Gasteiger partial charge is 0.387 e. The molecule has 11 heavy (non-hydrogen) atoms. The van der Waals surface area contributed by atoms with Gasteiger partial charge in [-0.2, -0.15) is 0 Å². The highest BCUT2D eigenvalue weighted by Crippen LogP contribution is 2.01. The molecule has 0 saturated carbocycles. The smallest absolute Gasteiger partial charge is 0.0942 e. The third-order valence-electron chi connectivity index (χ3n) is 1.41. The van der Waals surface area contributed by atoms with Gasteiger partial charge in [0.15, 0.2) is 0 Å². The second-order valence-corrected chi connectivity index (χ2v) is 2.56. The Bertz CT molecular complexity index is 220. The van der Waals surface area contributed by atoms with Crippen LogP contribution in [0.4, 0.5) is 0 Å². The van der Waals surface area contributed by atoms with Gasteiger partial charge in [-0.1, -0.05) is 42.5 Å². The first-order chi connectivity index (χ1) is 5.33. The third-order valence-corrected chi connectivity index (χ3v) is 1.68. The van der Waals surface area contributed by atoms with Crippen LogP contribution < -0.4 is 0 Å². The maximum Gasteiger partial charge on any atom is 0.0942 e. The average molecular weight is 165 g/mol. The Morgan fingerprint density at radius 2 is 2.00 bits per heavy atom. The predicted octanol–water partition coefficient (Wildman–Crippen LogP) is 1.47. The molecule has 0 saturated heterocycles. The number of rotatable bonds is 3. The number of aliphatic hydroxyl groups excluding tert-OH is 1. The Kier molecular flexibility index (Phi) is 3.20. The lowest BCUT2D eigenvalue weighted by Crippen LogP contribution is -2.09. The first-order valence-electron chi connectivity index (χ1n) is 3.42. The Morgan fingerprint density at radius 3 is 2.55 bits per heavy atom. The van der Waals surface area contributed by atoms with E-state index in [1.807, 2.05) is 30.3 Å². The van der Waals surface area contributed by atoms with E-state index >= 15 is 0 Å². The quantitative estimate of drug-likeness (QED) is 0.684. The van der Waals surface area contributed by atoms with Crippen LogP contribution in [0.2, 0.25) is 0 Å².